The summed E-state index contributed by atoms with van der Waals surface area (Å²) in [7, 11) is 1.53. The van der Waals surface area contributed by atoms with Gasteiger partial charge in [0.05, 0.1) is 17.6 Å². The van der Waals surface area contributed by atoms with Crippen molar-refractivity contribution in [3.63, 3.8) is 0 Å². The topological polar surface area (TPSA) is 48.1 Å². The highest BCUT2D eigenvalue weighted by Crippen LogP contribution is 2.40. The first-order valence-corrected chi connectivity index (χ1v) is 9.84. The Morgan fingerprint density at radius 3 is 2.26 bits per heavy atom. The Kier molecular flexibility index (Phi) is 5.60. The molecule has 31 heavy (non-hydrogen) atoms. The highest BCUT2D eigenvalue weighted by molar-refractivity contribution is 6.34. The molecule has 0 unspecified atom stereocenters. The first-order chi connectivity index (χ1) is 14.8. The average Bonchev–Trinajstić information content (AvgIpc) is 2.77. The molecule has 4 aromatic rings. The monoisotopic (exact) mass is 442 g/mol. The number of ether oxygens (including phenoxy) is 1. The van der Waals surface area contributed by atoms with Gasteiger partial charge in [-0.2, -0.15) is 13.2 Å². The van der Waals surface area contributed by atoms with Crippen LogP contribution in [0, 0.1) is 0 Å². The van der Waals surface area contributed by atoms with Crippen LogP contribution in [0.15, 0.2) is 66.7 Å². The van der Waals surface area contributed by atoms with Crippen LogP contribution in [-0.4, -0.2) is 12.1 Å². The molecule has 0 fully saturated rings. The lowest BCUT2D eigenvalue weighted by atomic mass is 9.94. The van der Waals surface area contributed by atoms with Crippen LogP contribution in [-0.2, 0) is 12.7 Å². The lowest BCUT2D eigenvalue weighted by molar-refractivity contribution is -0.140. The van der Waals surface area contributed by atoms with Crippen molar-refractivity contribution in [3.8, 4) is 28.0 Å². The molecule has 0 saturated heterocycles. The molecule has 0 saturated carbocycles. The smallest absolute Gasteiger partial charge is 0.433 e. The third kappa shape index (κ3) is 3.96. The van der Waals surface area contributed by atoms with E-state index in [-0.39, 0.29) is 12.1 Å². The standard InChI is InChI=1S/C24H18ClF3N2O/c1-31-16-10-8-14(9-11-16)20-12-21(24(26,27)28)30-23-18(6-3-7-19(20)23)17-5-2-4-15(13-29)22(17)25/h2-12H,13,29H2,1H3. The molecule has 0 atom stereocenters. The van der Waals surface area contributed by atoms with E-state index >= 15 is 0 Å². The summed E-state index contributed by atoms with van der Waals surface area (Å²) in [5.41, 5.74) is 7.86. The molecule has 0 amide bonds. The van der Waals surface area contributed by atoms with Crippen molar-refractivity contribution >= 4 is 22.5 Å². The zero-order valence-electron chi connectivity index (χ0n) is 16.5. The fourth-order valence-electron chi connectivity index (χ4n) is 3.57. The third-order valence-electron chi connectivity index (χ3n) is 5.12. The second-order valence-corrected chi connectivity index (χ2v) is 7.34. The summed E-state index contributed by atoms with van der Waals surface area (Å²) in [6, 6.07) is 18.5. The fraction of sp³-hybridized carbons (Fsp3) is 0.125. The number of fused-ring (bicyclic) bond motifs is 1. The molecular weight excluding hydrogens is 425 g/mol. The Morgan fingerprint density at radius 2 is 1.61 bits per heavy atom. The Morgan fingerprint density at radius 1 is 0.935 bits per heavy atom. The summed E-state index contributed by atoms with van der Waals surface area (Å²) in [5, 5.41) is 0.993. The minimum atomic E-state index is -4.61. The molecule has 0 aliphatic carbocycles. The van der Waals surface area contributed by atoms with Gasteiger partial charge in [-0.1, -0.05) is 60.1 Å². The molecule has 3 aromatic carbocycles. The van der Waals surface area contributed by atoms with Crippen LogP contribution in [0.4, 0.5) is 13.2 Å². The van der Waals surface area contributed by atoms with E-state index < -0.39 is 11.9 Å². The maximum absolute atomic E-state index is 13.7. The van der Waals surface area contributed by atoms with E-state index in [4.69, 9.17) is 22.1 Å². The van der Waals surface area contributed by atoms with Crippen molar-refractivity contribution in [2.24, 2.45) is 5.73 Å². The molecule has 0 aliphatic heterocycles. The summed E-state index contributed by atoms with van der Waals surface area (Å²) < 4.78 is 46.4. The first kappa shape index (κ1) is 21.2. The largest absolute Gasteiger partial charge is 0.497 e. The molecule has 1 aromatic heterocycles. The molecule has 0 spiro atoms. The Bertz CT molecular complexity index is 1250. The highest BCUT2D eigenvalue weighted by atomic mass is 35.5. The van der Waals surface area contributed by atoms with Gasteiger partial charge in [-0.05, 0) is 34.9 Å². The number of hydrogen-bond donors (Lipinski definition) is 1. The van der Waals surface area contributed by atoms with E-state index in [0.717, 1.165) is 6.07 Å². The van der Waals surface area contributed by atoms with Gasteiger partial charge in [0.2, 0.25) is 0 Å². The van der Waals surface area contributed by atoms with Crippen molar-refractivity contribution in [2.75, 3.05) is 7.11 Å². The maximum atomic E-state index is 13.7. The van der Waals surface area contributed by atoms with Crippen molar-refractivity contribution in [1.82, 2.24) is 4.98 Å². The molecular formula is C24H18ClF3N2O. The lowest BCUT2D eigenvalue weighted by Crippen LogP contribution is -2.09. The second kappa shape index (κ2) is 8.21. The minimum Gasteiger partial charge on any atom is -0.497 e. The van der Waals surface area contributed by atoms with Crippen LogP contribution in [0.5, 0.6) is 5.75 Å². The zero-order chi connectivity index (χ0) is 22.2. The summed E-state index contributed by atoms with van der Waals surface area (Å²) in [6.07, 6.45) is -4.61. The first-order valence-electron chi connectivity index (χ1n) is 9.46. The van der Waals surface area contributed by atoms with Crippen LogP contribution >= 0.6 is 11.6 Å². The Labute approximate surface area is 182 Å². The molecule has 4 rings (SSSR count). The van der Waals surface area contributed by atoms with Gasteiger partial charge in [0, 0.05) is 23.1 Å². The van der Waals surface area contributed by atoms with E-state index in [1.165, 1.54) is 7.11 Å². The van der Waals surface area contributed by atoms with E-state index in [2.05, 4.69) is 4.98 Å². The SMILES string of the molecule is COc1ccc(-c2cc(C(F)(F)F)nc3c(-c4cccc(CN)c4Cl)cccc23)cc1. The summed E-state index contributed by atoms with van der Waals surface area (Å²) >= 11 is 6.52. The molecule has 3 nitrogen and oxygen atoms in total. The third-order valence-corrected chi connectivity index (χ3v) is 5.57. The normalized spacial score (nSPS) is 11.7. The van der Waals surface area contributed by atoms with Crippen molar-refractivity contribution < 1.29 is 17.9 Å². The number of nitrogens with two attached hydrogens (primary N) is 1. The summed E-state index contributed by atoms with van der Waals surface area (Å²) in [5.74, 6) is 0.615. The fourth-order valence-corrected chi connectivity index (χ4v) is 3.87. The van der Waals surface area contributed by atoms with Crippen molar-refractivity contribution in [1.29, 1.82) is 0 Å². The van der Waals surface area contributed by atoms with Gasteiger partial charge in [0.1, 0.15) is 11.4 Å². The highest BCUT2D eigenvalue weighted by Gasteiger charge is 2.34. The van der Waals surface area contributed by atoms with Gasteiger partial charge in [0.15, 0.2) is 0 Å². The molecule has 0 bridgehead atoms. The quantitative estimate of drug-likeness (QED) is 0.382. The van der Waals surface area contributed by atoms with Crippen molar-refractivity contribution in [2.45, 2.75) is 12.7 Å². The predicted octanol–water partition coefficient (Wildman–Crippen LogP) is 6.71. The zero-order valence-corrected chi connectivity index (χ0v) is 17.3. The molecule has 2 N–H and O–H groups in total. The van der Waals surface area contributed by atoms with Crippen LogP contribution in [0.1, 0.15) is 11.3 Å². The molecule has 7 heteroatoms. The van der Waals surface area contributed by atoms with Gasteiger partial charge in [0.25, 0.3) is 0 Å². The summed E-state index contributed by atoms with van der Waals surface area (Å²) in [6.45, 7) is 0.218. The Balaban J connectivity index is 2.05. The maximum Gasteiger partial charge on any atom is 0.433 e. The number of para-hydroxylation sites is 1. The van der Waals surface area contributed by atoms with Gasteiger partial charge < -0.3 is 10.5 Å². The Hall–Kier alpha value is -3.09. The number of aromatic nitrogens is 1. The van der Waals surface area contributed by atoms with Gasteiger partial charge in [-0.25, -0.2) is 4.98 Å². The molecule has 158 valence electrons. The molecule has 1 heterocycles. The van der Waals surface area contributed by atoms with E-state index in [9.17, 15) is 13.2 Å². The van der Waals surface area contributed by atoms with Gasteiger partial charge >= 0.3 is 6.18 Å². The number of pyridine rings is 1. The number of rotatable bonds is 4. The van der Waals surface area contributed by atoms with Crippen molar-refractivity contribution in [3.05, 3.63) is 83.0 Å². The summed E-state index contributed by atoms with van der Waals surface area (Å²) in [4.78, 5) is 4.00. The predicted molar refractivity (Wildman–Crippen MR) is 117 cm³/mol. The van der Waals surface area contributed by atoms with E-state index in [1.54, 1.807) is 60.7 Å². The van der Waals surface area contributed by atoms with E-state index in [0.29, 0.717) is 44.0 Å². The average molecular weight is 443 g/mol. The number of alkyl halides is 3. The number of nitrogens with zero attached hydrogens (tertiary/aromatic N) is 1. The van der Waals surface area contributed by atoms with Gasteiger partial charge in [-0.3, -0.25) is 0 Å². The van der Waals surface area contributed by atoms with Crippen LogP contribution in [0.3, 0.4) is 0 Å². The van der Waals surface area contributed by atoms with Crippen LogP contribution < -0.4 is 10.5 Å². The number of halogens is 4. The second-order valence-electron chi connectivity index (χ2n) is 6.97. The molecule has 0 radical (unpaired) electrons. The van der Waals surface area contributed by atoms with Gasteiger partial charge in [-0.15, -0.1) is 0 Å². The minimum absolute atomic E-state index is 0.218. The van der Waals surface area contributed by atoms with Crippen LogP contribution in [0.25, 0.3) is 33.2 Å². The van der Waals surface area contributed by atoms with E-state index in [1.807, 2.05) is 0 Å². The number of methoxy groups -OCH3 is 1. The number of benzene rings is 3. The lowest BCUT2D eigenvalue weighted by Gasteiger charge is -2.16. The van der Waals surface area contributed by atoms with Crippen LogP contribution in [0.2, 0.25) is 5.02 Å². The molecule has 0 aliphatic rings. The number of hydrogen-bond acceptors (Lipinski definition) is 3.